The molecule has 2 heterocycles. The van der Waals surface area contributed by atoms with Gasteiger partial charge in [-0.2, -0.15) is 0 Å². The Hall–Kier alpha value is -2.45. The number of carbonyl (C=O) groups is 2. The first-order chi connectivity index (χ1) is 14.4. The third-order valence-corrected chi connectivity index (χ3v) is 6.85. The van der Waals surface area contributed by atoms with Gasteiger partial charge in [-0.25, -0.2) is 9.79 Å². The monoisotopic (exact) mass is 501 g/mol. The normalized spacial score (nSPS) is 19.6. The molecule has 0 unspecified atom stereocenters. The SMILES string of the molecule is CN1C(=O)C[C@@](C)(c2ccc3sc4ccc(Br)cc4c3c2)N=C1NC(=O)OC(C)(C)C. The van der Waals surface area contributed by atoms with Crippen molar-refractivity contribution < 1.29 is 14.3 Å². The summed E-state index contributed by atoms with van der Waals surface area (Å²) in [6, 6.07) is 12.4. The first kappa shape index (κ1) is 21.8. The zero-order valence-corrected chi connectivity index (χ0v) is 20.5. The van der Waals surface area contributed by atoms with Crippen molar-refractivity contribution in [3.05, 3.63) is 46.4 Å². The van der Waals surface area contributed by atoms with E-state index in [1.54, 1.807) is 39.2 Å². The second-order valence-corrected chi connectivity index (χ2v) is 10.9. The zero-order chi connectivity index (χ0) is 22.6. The summed E-state index contributed by atoms with van der Waals surface area (Å²) in [5, 5.41) is 4.93. The lowest BCUT2D eigenvalue weighted by Gasteiger charge is -2.35. The van der Waals surface area contributed by atoms with Crippen LogP contribution in [0.25, 0.3) is 20.2 Å². The van der Waals surface area contributed by atoms with E-state index in [1.165, 1.54) is 14.3 Å². The van der Waals surface area contributed by atoms with Crippen LogP contribution in [0.5, 0.6) is 0 Å². The zero-order valence-electron chi connectivity index (χ0n) is 18.1. The predicted octanol–water partition coefficient (Wildman–Crippen LogP) is 5.78. The van der Waals surface area contributed by atoms with Gasteiger partial charge >= 0.3 is 6.09 Å². The molecule has 0 saturated carbocycles. The van der Waals surface area contributed by atoms with Crippen LogP contribution in [-0.4, -0.2) is 35.5 Å². The third kappa shape index (κ3) is 4.32. The average molecular weight is 502 g/mol. The number of halogens is 1. The molecule has 1 aliphatic heterocycles. The van der Waals surface area contributed by atoms with Gasteiger partial charge in [-0.05, 0) is 63.6 Å². The standard InChI is InChI=1S/C23H24BrN3O3S/c1-22(2,3)30-21(29)25-20-26-23(4,12-19(28)27(20)5)13-6-8-17-15(10-13)16-11-14(24)7-9-18(16)31-17/h6-11H,12H2,1-5H3,(H,25,26,29)/t23-/m0/s1. The van der Waals surface area contributed by atoms with Gasteiger partial charge in [0.15, 0.2) is 0 Å². The number of ether oxygens (including phenoxy) is 1. The number of hydrogen-bond donors (Lipinski definition) is 1. The van der Waals surface area contributed by atoms with Crippen LogP contribution in [0.15, 0.2) is 45.9 Å². The lowest BCUT2D eigenvalue weighted by Crippen LogP contribution is -2.52. The molecule has 0 aliphatic carbocycles. The summed E-state index contributed by atoms with van der Waals surface area (Å²) in [6.07, 6.45) is -0.431. The number of carbonyl (C=O) groups excluding carboxylic acids is 2. The van der Waals surface area contributed by atoms with E-state index in [4.69, 9.17) is 9.73 Å². The third-order valence-electron chi connectivity index (χ3n) is 5.21. The molecular formula is C23H24BrN3O3S. The van der Waals surface area contributed by atoms with E-state index in [-0.39, 0.29) is 18.3 Å². The molecule has 3 aromatic rings. The van der Waals surface area contributed by atoms with Crippen LogP contribution < -0.4 is 5.32 Å². The number of guanidine groups is 1. The van der Waals surface area contributed by atoms with Crippen LogP contribution in [-0.2, 0) is 15.1 Å². The van der Waals surface area contributed by atoms with Crippen molar-refractivity contribution in [1.29, 1.82) is 0 Å². The number of fused-ring (bicyclic) bond motifs is 3. The minimum Gasteiger partial charge on any atom is -0.444 e. The summed E-state index contributed by atoms with van der Waals surface area (Å²) in [7, 11) is 1.60. The minimum atomic E-state index is -0.803. The molecule has 0 fully saturated rings. The van der Waals surface area contributed by atoms with Gasteiger partial charge in [0, 0.05) is 31.7 Å². The predicted molar refractivity (Wildman–Crippen MR) is 129 cm³/mol. The molecule has 6 nitrogen and oxygen atoms in total. The molecule has 2 aromatic carbocycles. The highest BCUT2D eigenvalue weighted by Gasteiger charge is 2.38. The Kier molecular flexibility index (Phi) is 5.34. The Morgan fingerprint density at radius 3 is 2.52 bits per heavy atom. The smallest absolute Gasteiger partial charge is 0.414 e. The molecule has 0 saturated heterocycles. The van der Waals surface area contributed by atoms with Crippen LogP contribution >= 0.6 is 27.3 Å². The molecule has 8 heteroatoms. The Morgan fingerprint density at radius 1 is 1.19 bits per heavy atom. The van der Waals surface area contributed by atoms with E-state index in [0.29, 0.717) is 0 Å². The van der Waals surface area contributed by atoms with Gasteiger partial charge in [0.05, 0.1) is 12.0 Å². The Balaban J connectivity index is 1.76. The van der Waals surface area contributed by atoms with Crippen molar-refractivity contribution in [2.24, 2.45) is 4.99 Å². The average Bonchev–Trinajstić information content (AvgIpc) is 3.01. The van der Waals surface area contributed by atoms with Crippen molar-refractivity contribution in [3.8, 4) is 0 Å². The maximum atomic E-state index is 12.8. The van der Waals surface area contributed by atoms with Gasteiger partial charge in [0.2, 0.25) is 11.9 Å². The topological polar surface area (TPSA) is 71.0 Å². The molecule has 4 rings (SSSR count). The van der Waals surface area contributed by atoms with E-state index in [2.05, 4.69) is 45.5 Å². The lowest BCUT2D eigenvalue weighted by molar-refractivity contribution is -0.128. The van der Waals surface area contributed by atoms with Gasteiger partial charge < -0.3 is 4.74 Å². The fourth-order valence-electron chi connectivity index (χ4n) is 3.64. The van der Waals surface area contributed by atoms with Crippen LogP contribution in [0.3, 0.4) is 0 Å². The first-order valence-electron chi connectivity index (χ1n) is 9.94. The summed E-state index contributed by atoms with van der Waals surface area (Å²) in [4.78, 5) is 31.2. The highest BCUT2D eigenvalue weighted by Crippen LogP contribution is 2.40. The maximum absolute atomic E-state index is 12.8. The van der Waals surface area contributed by atoms with E-state index in [1.807, 2.05) is 19.1 Å². The molecule has 162 valence electrons. The van der Waals surface area contributed by atoms with E-state index >= 15 is 0 Å². The van der Waals surface area contributed by atoms with Gasteiger partial charge in [0.25, 0.3) is 0 Å². The number of rotatable bonds is 1. The quantitative estimate of drug-likeness (QED) is 0.459. The van der Waals surface area contributed by atoms with Crippen LogP contribution in [0.4, 0.5) is 4.79 Å². The van der Waals surface area contributed by atoms with Crippen LogP contribution in [0, 0.1) is 0 Å². The molecule has 31 heavy (non-hydrogen) atoms. The van der Waals surface area contributed by atoms with Crippen molar-refractivity contribution in [2.45, 2.75) is 45.3 Å². The molecule has 1 aliphatic rings. The number of hydrogen-bond acceptors (Lipinski definition) is 5. The van der Waals surface area contributed by atoms with Crippen LogP contribution in [0.1, 0.15) is 39.7 Å². The van der Waals surface area contributed by atoms with Crippen molar-refractivity contribution in [3.63, 3.8) is 0 Å². The first-order valence-corrected chi connectivity index (χ1v) is 11.5. The van der Waals surface area contributed by atoms with Gasteiger partial charge in [-0.3, -0.25) is 15.0 Å². The van der Waals surface area contributed by atoms with Crippen molar-refractivity contribution in [1.82, 2.24) is 10.2 Å². The molecule has 0 bridgehead atoms. The van der Waals surface area contributed by atoms with Gasteiger partial charge in [0.1, 0.15) is 5.60 Å². The molecule has 1 aromatic heterocycles. The minimum absolute atomic E-state index is 0.124. The van der Waals surface area contributed by atoms with Gasteiger partial charge in [-0.1, -0.05) is 22.0 Å². The summed E-state index contributed by atoms with van der Waals surface area (Å²) in [5.41, 5.74) is -0.531. The summed E-state index contributed by atoms with van der Waals surface area (Å²) in [5.74, 6) is 0.0626. The molecule has 1 N–H and O–H groups in total. The number of alkyl carbamates (subject to hydrolysis) is 1. The molecule has 0 radical (unpaired) electrons. The Morgan fingerprint density at radius 2 is 1.84 bits per heavy atom. The number of amides is 2. The fourth-order valence-corrected chi connectivity index (χ4v) is 5.07. The summed E-state index contributed by atoms with van der Waals surface area (Å²) >= 11 is 5.29. The fraction of sp³-hybridized carbons (Fsp3) is 0.348. The number of benzene rings is 2. The van der Waals surface area contributed by atoms with Crippen molar-refractivity contribution in [2.75, 3.05) is 7.05 Å². The highest BCUT2D eigenvalue weighted by atomic mass is 79.9. The molecular weight excluding hydrogens is 478 g/mol. The van der Waals surface area contributed by atoms with Crippen molar-refractivity contribution >= 4 is 65.4 Å². The van der Waals surface area contributed by atoms with E-state index < -0.39 is 17.2 Å². The largest absolute Gasteiger partial charge is 0.444 e. The van der Waals surface area contributed by atoms with E-state index in [0.717, 1.165) is 20.8 Å². The summed E-state index contributed by atoms with van der Waals surface area (Å²) in [6.45, 7) is 7.27. The number of aliphatic imine (C=N–C) groups is 1. The van der Waals surface area contributed by atoms with E-state index in [9.17, 15) is 9.59 Å². The summed E-state index contributed by atoms with van der Waals surface area (Å²) < 4.78 is 8.73. The van der Waals surface area contributed by atoms with Crippen LogP contribution in [0.2, 0.25) is 0 Å². The second kappa shape index (κ2) is 7.60. The number of thiophene rings is 1. The second-order valence-electron chi connectivity index (χ2n) is 8.92. The lowest BCUT2D eigenvalue weighted by atomic mass is 9.87. The molecule has 2 amide bonds. The Bertz CT molecular complexity index is 1240. The molecule has 1 atom stereocenters. The van der Waals surface area contributed by atoms with Gasteiger partial charge in [-0.15, -0.1) is 11.3 Å². The maximum Gasteiger partial charge on any atom is 0.414 e. The Labute approximate surface area is 193 Å². The highest BCUT2D eigenvalue weighted by molar-refractivity contribution is 9.10. The number of nitrogens with zero attached hydrogens (tertiary/aromatic N) is 2. The number of nitrogens with one attached hydrogen (secondary N) is 1. The molecule has 0 spiro atoms.